The first kappa shape index (κ1) is 14.6. The van der Waals surface area contributed by atoms with Crippen molar-refractivity contribution in [3.63, 3.8) is 0 Å². The molecule has 0 fully saturated rings. The summed E-state index contributed by atoms with van der Waals surface area (Å²) in [5, 5.41) is 19.3. The van der Waals surface area contributed by atoms with Crippen LogP contribution in [0.4, 0.5) is 0 Å². The molecule has 0 spiro atoms. The number of aliphatic hydroxyl groups excluding tert-OH is 1. The number of rotatable bonds is 6. The van der Waals surface area contributed by atoms with Gasteiger partial charge in [0.25, 0.3) is 0 Å². The Hall–Kier alpha value is -1.85. The van der Waals surface area contributed by atoms with Gasteiger partial charge in [-0.25, -0.2) is 4.79 Å². The third kappa shape index (κ3) is 2.55. The van der Waals surface area contributed by atoms with Crippen LogP contribution in [0.25, 0.3) is 10.9 Å². The highest BCUT2D eigenvalue weighted by Crippen LogP contribution is 2.28. The number of carbonyl (C=O) groups is 1. The maximum absolute atomic E-state index is 11.1. The highest BCUT2D eigenvalue weighted by Gasteiger charge is 2.15. The summed E-state index contributed by atoms with van der Waals surface area (Å²) in [5.74, 6) is -0.927. The predicted molar refractivity (Wildman–Crippen MR) is 78.1 cm³/mol. The lowest BCUT2D eigenvalue weighted by atomic mass is 10.0. The first-order valence-electron chi connectivity index (χ1n) is 6.76. The third-order valence-electron chi connectivity index (χ3n) is 3.66. The Labute approximate surface area is 117 Å². The molecule has 0 atom stereocenters. The lowest BCUT2D eigenvalue weighted by Gasteiger charge is -2.06. The van der Waals surface area contributed by atoms with Crippen molar-refractivity contribution in [3.8, 4) is 0 Å². The van der Waals surface area contributed by atoms with Crippen LogP contribution in [-0.4, -0.2) is 33.9 Å². The quantitative estimate of drug-likeness (QED) is 0.746. The molecule has 0 bridgehead atoms. The number of fused-ring (bicyclic) bond motifs is 1. The molecule has 0 unspecified atom stereocenters. The van der Waals surface area contributed by atoms with E-state index in [0.717, 1.165) is 35.0 Å². The van der Waals surface area contributed by atoms with Crippen LogP contribution in [0.1, 0.15) is 28.0 Å². The van der Waals surface area contributed by atoms with Gasteiger partial charge >= 0.3 is 5.97 Å². The van der Waals surface area contributed by atoms with Crippen LogP contribution in [0.15, 0.2) is 18.2 Å². The minimum atomic E-state index is -0.927. The Morgan fingerprint density at radius 2 is 2.15 bits per heavy atom. The molecule has 0 aliphatic carbocycles. The fourth-order valence-corrected chi connectivity index (χ4v) is 2.67. The Morgan fingerprint density at radius 1 is 1.40 bits per heavy atom. The number of carboxylic acid groups (broad SMARTS) is 1. The van der Waals surface area contributed by atoms with Gasteiger partial charge in [-0.05, 0) is 50.1 Å². The zero-order valence-electron chi connectivity index (χ0n) is 11.6. The van der Waals surface area contributed by atoms with Gasteiger partial charge in [0.2, 0.25) is 0 Å². The summed E-state index contributed by atoms with van der Waals surface area (Å²) in [5.41, 5.74) is 9.03. The number of nitrogens with zero attached hydrogens (tertiary/aromatic N) is 1. The van der Waals surface area contributed by atoms with E-state index >= 15 is 0 Å². The van der Waals surface area contributed by atoms with E-state index in [4.69, 9.17) is 10.8 Å². The van der Waals surface area contributed by atoms with Crippen LogP contribution in [0, 0.1) is 6.92 Å². The molecule has 5 nitrogen and oxygen atoms in total. The molecule has 0 saturated carbocycles. The molecule has 1 heterocycles. The van der Waals surface area contributed by atoms with Gasteiger partial charge in [0.15, 0.2) is 0 Å². The van der Waals surface area contributed by atoms with Gasteiger partial charge in [-0.1, -0.05) is 0 Å². The molecule has 0 aliphatic heterocycles. The van der Waals surface area contributed by atoms with Gasteiger partial charge < -0.3 is 20.5 Å². The molecule has 1 aromatic carbocycles. The van der Waals surface area contributed by atoms with E-state index in [1.807, 2.05) is 17.6 Å². The van der Waals surface area contributed by atoms with E-state index in [0.29, 0.717) is 13.1 Å². The zero-order valence-corrected chi connectivity index (χ0v) is 11.6. The van der Waals surface area contributed by atoms with Crippen molar-refractivity contribution in [2.24, 2.45) is 5.73 Å². The van der Waals surface area contributed by atoms with Crippen molar-refractivity contribution in [1.29, 1.82) is 0 Å². The molecule has 4 N–H and O–H groups in total. The highest BCUT2D eigenvalue weighted by atomic mass is 16.4. The predicted octanol–water partition coefficient (Wildman–Crippen LogP) is 1.53. The molecule has 0 radical (unpaired) electrons. The molecular formula is C15H20N2O3. The average molecular weight is 276 g/mol. The van der Waals surface area contributed by atoms with E-state index in [9.17, 15) is 9.90 Å². The third-order valence-corrected chi connectivity index (χ3v) is 3.66. The summed E-state index contributed by atoms with van der Waals surface area (Å²) in [6.45, 7) is 3.17. The van der Waals surface area contributed by atoms with Gasteiger partial charge in [-0.3, -0.25) is 0 Å². The average Bonchev–Trinajstić information content (AvgIpc) is 2.69. The summed E-state index contributed by atoms with van der Waals surface area (Å²) < 4.78 is 2.03. The second-order valence-electron chi connectivity index (χ2n) is 4.87. The SMILES string of the molecule is Cc1c(CCCN)c2cc(C(=O)O)ccc2n1CCO. The zero-order chi connectivity index (χ0) is 14.7. The van der Waals surface area contributed by atoms with Crippen LogP contribution in [0.3, 0.4) is 0 Å². The van der Waals surface area contributed by atoms with Crippen LogP contribution in [-0.2, 0) is 13.0 Å². The molecule has 0 amide bonds. The van der Waals surface area contributed by atoms with Gasteiger partial charge in [-0.2, -0.15) is 0 Å². The van der Waals surface area contributed by atoms with Crippen LogP contribution in [0.2, 0.25) is 0 Å². The summed E-state index contributed by atoms with van der Waals surface area (Å²) in [7, 11) is 0. The van der Waals surface area contributed by atoms with Crippen LogP contribution < -0.4 is 5.73 Å². The van der Waals surface area contributed by atoms with Crippen molar-refractivity contribution in [2.75, 3.05) is 13.2 Å². The molecule has 108 valence electrons. The molecule has 20 heavy (non-hydrogen) atoms. The summed E-state index contributed by atoms with van der Waals surface area (Å²) in [6.07, 6.45) is 1.68. The normalized spacial score (nSPS) is 11.2. The Balaban J connectivity index is 2.63. The largest absolute Gasteiger partial charge is 0.478 e. The van der Waals surface area contributed by atoms with Crippen molar-refractivity contribution in [2.45, 2.75) is 26.3 Å². The minimum Gasteiger partial charge on any atom is -0.478 e. The van der Waals surface area contributed by atoms with E-state index in [-0.39, 0.29) is 12.2 Å². The number of benzene rings is 1. The van der Waals surface area contributed by atoms with E-state index in [2.05, 4.69) is 0 Å². The van der Waals surface area contributed by atoms with Gasteiger partial charge in [0.1, 0.15) is 0 Å². The molecular weight excluding hydrogens is 256 g/mol. The molecule has 0 aliphatic rings. The monoisotopic (exact) mass is 276 g/mol. The van der Waals surface area contributed by atoms with Crippen molar-refractivity contribution in [3.05, 3.63) is 35.0 Å². The van der Waals surface area contributed by atoms with Gasteiger partial charge in [0.05, 0.1) is 12.2 Å². The fraction of sp³-hybridized carbons (Fsp3) is 0.400. The Morgan fingerprint density at radius 3 is 2.75 bits per heavy atom. The van der Waals surface area contributed by atoms with Crippen LogP contribution >= 0.6 is 0 Å². The smallest absolute Gasteiger partial charge is 0.335 e. The topological polar surface area (TPSA) is 88.5 Å². The summed E-state index contributed by atoms with van der Waals surface area (Å²) in [4.78, 5) is 11.1. The maximum atomic E-state index is 11.1. The first-order chi connectivity index (χ1) is 9.60. The lowest BCUT2D eigenvalue weighted by Crippen LogP contribution is -2.05. The lowest BCUT2D eigenvalue weighted by molar-refractivity contribution is 0.0697. The number of aromatic carboxylic acids is 1. The number of nitrogens with two attached hydrogens (primary N) is 1. The van der Waals surface area contributed by atoms with Crippen molar-refractivity contribution in [1.82, 2.24) is 4.57 Å². The Kier molecular flexibility index (Phi) is 4.42. The molecule has 2 rings (SSSR count). The number of hydrogen-bond donors (Lipinski definition) is 3. The van der Waals surface area contributed by atoms with Crippen molar-refractivity contribution < 1.29 is 15.0 Å². The van der Waals surface area contributed by atoms with E-state index < -0.39 is 5.97 Å². The minimum absolute atomic E-state index is 0.0572. The first-order valence-corrected chi connectivity index (χ1v) is 6.76. The molecule has 5 heteroatoms. The van der Waals surface area contributed by atoms with Gasteiger partial charge in [-0.15, -0.1) is 0 Å². The van der Waals surface area contributed by atoms with E-state index in [1.165, 1.54) is 0 Å². The Bertz CT molecular complexity index is 632. The molecule has 1 aromatic heterocycles. The number of aromatic nitrogens is 1. The van der Waals surface area contributed by atoms with Gasteiger partial charge in [0, 0.05) is 23.1 Å². The van der Waals surface area contributed by atoms with Crippen molar-refractivity contribution >= 4 is 16.9 Å². The molecule has 2 aromatic rings. The standard InChI is InChI=1S/C15H20N2O3/c1-10-12(3-2-6-16)13-9-11(15(19)20)4-5-14(13)17(10)7-8-18/h4-5,9,18H,2-3,6-8,16H2,1H3,(H,19,20). The van der Waals surface area contributed by atoms with Crippen LogP contribution in [0.5, 0.6) is 0 Å². The van der Waals surface area contributed by atoms with E-state index in [1.54, 1.807) is 12.1 Å². The maximum Gasteiger partial charge on any atom is 0.335 e. The second kappa shape index (κ2) is 6.07. The molecule has 0 saturated heterocycles. The summed E-state index contributed by atoms with van der Waals surface area (Å²) >= 11 is 0. The number of hydrogen-bond acceptors (Lipinski definition) is 3. The highest BCUT2D eigenvalue weighted by molar-refractivity contribution is 5.95. The second-order valence-corrected chi connectivity index (χ2v) is 4.87. The number of aryl methyl sites for hydroxylation is 1. The summed E-state index contributed by atoms with van der Waals surface area (Å²) in [6, 6.07) is 5.13. The fourth-order valence-electron chi connectivity index (χ4n) is 2.67. The number of aliphatic hydroxyl groups is 1. The number of carboxylic acids is 1.